The number of hydrogen-bond acceptors (Lipinski definition) is 2. The van der Waals surface area contributed by atoms with Crippen LogP contribution in [0.2, 0.25) is 5.02 Å². The second-order valence-corrected chi connectivity index (χ2v) is 6.20. The Bertz CT molecular complexity index is 473. The Morgan fingerprint density at radius 1 is 1.38 bits per heavy atom. The molecule has 1 aliphatic carbocycles. The number of nitrogens with two attached hydrogens (primary N) is 1. The predicted molar refractivity (Wildman–Crippen MR) is 90.1 cm³/mol. The van der Waals surface area contributed by atoms with Crippen LogP contribution in [-0.2, 0) is 10.2 Å². The number of amides is 1. The second kappa shape index (κ2) is 8.02. The average molecular weight is 331 g/mol. The summed E-state index contributed by atoms with van der Waals surface area (Å²) in [7, 11) is 0. The van der Waals surface area contributed by atoms with Gasteiger partial charge in [0.05, 0.1) is 5.41 Å². The van der Waals surface area contributed by atoms with Gasteiger partial charge in [-0.15, -0.1) is 12.4 Å². The van der Waals surface area contributed by atoms with Crippen LogP contribution in [0.25, 0.3) is 0 Å². The van der Waals surface area contributed by atoms with Gasteiger partial charge >= 0.3 is 0 Å². The van der Waals surface area contributed by atoms with Crippen molar-refractivity contribution in [1.29, 1.82) is 0 Å². The third kappa shape index (κ3) is 4.12. The van der Waals surface area contributed by atoms with Crippen molar-refractivity contribution in [2.24, 2.45) is 5.73 Å². The van der Waals surface area contributed by atoms with Gasteiger partial charge < -0.3 is 11.1 Å². The molecule has 1 aliphatic rings. The molecule has 21 heavy (non-hydrogen) atoms. The molecule has 0 unspecified atom stereocenters. The van der Waals surface area contributed by atoms with Crippen molar-refractivity contribution in [3.63, 3.8) is 0 Å². The van der Waals surface area contributed by atoms with E-state index >= 15 is 0 Å². The molecule has 1 fully saturated rings. The highest BCUT2D eigenvalue weighted by Gasteiger charge is 2.41. The molecule has 0 spiro atoms. The first kappa shape index (κ1) is 18.3. The molecule has 0 radical (unpaired) electrons. The van der Waals surface area contributed by atoms with Crippen LogP contribution >= 0.6 is 24.0 Å². The summed E-state index contributed by atoms with van der Waals surface area (Å²) < 4.78 is 0. The van der Waals surface area contributed by atoms with Crippen LogP contribution in [-0.4, -0.2) is 18.5 Å². The molecule has 1 amide bonds. The first-order valence-corrected chi connectivity index (χ1v) is 7.73. The summed E-state index contributed by atoms with van der Waals surface area (Å²) in [6, 6.07) is 7.72. The lowest BCUT2D eigenvalue weighted by atomic mass is 9.68. The molecule has 0 aliphatic heterocycles. The van der Waals surface area contributed by atoms with Crippen molar-refractivity contribution in [2.75, 3.05) is 6.54 Å². The third-order valence-electron chi connectivity index (χ3n) is 4.25. The van der Waals surface area contributed by atoms with Gasteiger partial charge in [-0.25, -0.2) is 0 Å². The molecule has 3 nitrogen and oxygen atoms in total. The lowest BCUT2D eigenvalue weighted by Gasteiger charge is -2.37. The van der Waals surface area contributed by atoms with E-state index in [1.54, 1.807) is 0 Å². The molecule has 0 saturated heterocycles. The maximum atomic E-state index is 12.8. The van der Waals surface area contributed by atoms with Crippen molar-refractivity contribution in [3.05, 3.63) is 34.9 Å². The molecule has 1 saturated carbocycles. The number of benzene rings is 1. The highest BCUT2D eigenvalue weighted by Crippen LogP contribution is 2.40. The normalized spacial score (nSPS) is 18.4. The largest absolute Gasteiger partial charge is 0.352 e. The molecule has 0 heterocycles. The highest BCUT2D eigenvalue weighted by molar-refractivity contribution is 6.30. The standard InChI is InChI=1S/C16H23ClN2O.ClH/c1-12(11-18)19-15(20)16(8-3-2-4-9-16)13-6-5-7-14(17)10-13;/h5-7,10,12H,2-4,8-9,11,18H2,1H3,(H,19,20);1H/t12-;/m0./s1. The van der Waals surface area contributed by atoms with Crippen LogP contribution in [0.5, 0.6) is 0 Å². The van der Waals surface area contributed by atoms with Gasteiger partial charge in [-0.3, -0.25) is 4.79 Å². The summed E-state index contributed by atoms with van der Waals surface area (Å²) >= 11 is 6.11. The Labute approximate surface area is 138 Å². The Morgan fingerprint density at radius 2 is 2.05 bits per heavy atom. The fourth-order valence-corrected chi connectivity index (χ4v) is 3.20. The number of halogens is 2. The van der Waals surface area contributed by atoms with Gasteiger partial charge in [0.25, 0.3) is 0 Å². The fraction of sp³-hybridized carbons (Fsp3) is 0.562. The molecule has 2 rings (SSSR count). The van der Waals surface area contributed by atoms with E-state index in [9.17, 15) is 4.79 Å². The first-order valence-electron chi connectivity index (χ1n) is 7.35. The van der Waals surface area contributed by atoms with Gasteiger partial charge in [-0.1, -0.05) is 43.0 Å². The van der Waals surface area contributed by atoms with Gasteiger partial charge in [0.1, 0.15) is 0 Å². The lowest BCUT2D eigenvalue weighted by Crippen LogP contribution is -2.50. The van der Waals surface area contributed by atoms with Crippen molar-refractivity contribution in [2.45, 2.75) is 50.5 Å². The van der Waals surface area contributed by atoms with Crippen molar-refractivity contribution in [3.8, 4) is 0 Å². The van der Waals surface area contributed by atoms with Crippen molar-refractivity contribution >= 4 is 29.9 Å². The summed E-state index contributed by atoms with van der Waals surface area (Å²) in [5.74, 6) is 0.0948. The fourth-order valence-electron chi connectivity index (χ4n) is 3.01. The summed E-state index contributed by atoms with van der Waals surface area (Å²) in [6.07, 6.45) is 5.13. The number of rotatable bonds is 4. The molecule has 0 bridgehead atoms. The van der Waals surface area contributed by atoms with E-state index in [1.165, 1.54) is 6.42 Å². The van der Waals surface area contributed by atoms with Gasteiger partial charge in [0.15, 0.2) is 0 Å². The molecule has 118 valence electrons. The third-order valence-corrected chi connectivity index (χ3v) is 4.49. The van der Waals surface area contributed by atoms with E-state index in [0.717, 1.165) is 31.2 Å². The number of hydrogen-bond donors (Lipinski definition) is 2. The zero-order valence-electron chi connectivity index (χ0n) is 12.4. The first-order chi connectivity index (χ1) is 9.58. The Morgan fingerprint density at radius 3 is 2.62 bits per heavy atom. The molecule has 3 N–H and O–H groups in total. The van der Waals surface area contributed by atoms with Crippen LogP contribution in [0.3, 0.4) is 0 Å². The minimum Gasteiger partial charge on any atom is -0.352 e. The van der Waals surface area contributed by atoms with Crippen LogP contribution in [0.15, 0.2) is 24.3 Å². The summed E-state index contributed by atoms with van der Waals surface area (Å²) in [6.45, 7) is 2.39. The van der Waals surface area contributed by atoms with E-state index < -0.39 is 5.41 Å². The minimum atomic E-state index is -0.438. The average Bonchev–Trinajstić information content (AvgIpc) is 2.47. The molecule has 5 heteroatoms. The van der Waals surface area contributed by atoms with Crippen molar-refractivity contribution in [1.82, 2.24) is 5.32 Å². The highest BCUT2D eigenvalue weighted by atomic mass is 35.5. The molecular formula is C16H24Cl2N2O. The van der Waals surface area contributed by atoms with Gasteiger partial charge in [0, 0.05) is 17.6 Å². The molecular weight excluding hydrogens is 307 g/mol. The zero-order chi connectivity index (χ0) is 14.6. The summed E-state index contributed by atoms with van der Waals surface area (Å²) in [5, 5.41) is 3.74. The van der Waals surface area contributed by atoms with E-state index in [2.05, 4.69) is 5.32 Å². The number of carbonyl (C=O) groups excluding carboxylic acids is 1. The van der Waals surface area contributed by atoms with Crippen molar-refractivity contribution < 1.29 is 4.79 Å². The van der Waals surface area contributed by atoms with E-state index in [4.69, 9.17) is 17.3 Å². The van der Waals surface area contributed by atoms with Gasteiger partial charge in [0.2, 0.25) is 5.91 Å². The molecule has 1 aromatic rings. The Hall–Kier alpha value is -0.770. The Kier molecular flexibility index (Phi) is 6.98. The lowest BCUT2D eigenvalue weighted by molar-refractivity contribution is -0.128. The van der Waals surface area contributed by atoms with E-state index in [0.29, 0.717) is 11.6 Å². The van der Waals surface area contributed by atoms with Gasteiger partial charge in [-0.2, -0.15) is 0 Å². The van der Waals surface area contributed by atoms with Crippen LogP contribution < -0.4 is 11.1 Å². The number of carbonyl (C=O) groups is 1. The topological polar surface area (TPSA) is 55.1 Å². The maximum Gasteiger partial charge on any atom is 0.230 e. The van der Waals surface area contributed by atoms with Crippen LogP contribution in [0.1, 0.15) is 44.6 Å². The second-order valence-electron chi connectivity index (χ2n) is 5.76. The monoisotopic (exact) mass is 330 g/mol. The number of nitrogens with one attached hydrogen (secondary N) is 1. The van der Waals surface area contributed by atoms with Crippen LogP contribution in [0, 0.1) is 0 Å². The molecule has 1 atom stereocenters. The Balaban J connectivity index is 0.00000220. The SMILES string of the molecule is C[C@@H](CN)NC(=O)C1(c2cccc(Cl)c2)CCCCC1.Cl. The maximum absolute atomic E-state index is 12.8. The van der Waals surface area contributed by atoms with E-state index in [-0.39, 0.29) is 24.4 Å². The van der Waals surface area contributed by atoms with Gasteiger partial charge in [-0.05, 0) is 37.5 Å². The zero-order valence-corrected chi connectivity index (χ0v) is 14.0. The minimum absolute atomic E-state index is 0. The molecule has 1 aromatic carbocycles. The summed E-state index contributed by atoms with van der Waals surface area (Å²) in [4.78, 5) is 12.8. The quantitative estimate of drug-likeness (QED) is 0.888. The summed E-state index contributed by atoms with van der Waals surface area (Å²) in [5.41, 5.74) is 6.22. The predicted octanol–water partition coefficient (Wildman–Crippen LogP) is 3.43. The van der Waals surface area contributed by atoms with Crippen LogP contribution in [0.4, 0.5) is 0 Å². The smallest absolute Gasteiger partial charge is 0.230 e. The molecule has 0 aromatic heterocycles. The van der Waals surface area contributed by atoms with E-state index in [1.807, 2.05) is 31.2 Å².